The summed E-state index contributed by atoms with van der Waals surface area (Å²) in [6.07, 6.45) is 10.7. The molecule has 8 heteroatoms. The number of nitrogens with zero attached hydrogens (tertiary/aromatic N) is 2. The van der Waals surface area contributed by atoms with Gasteiger partial charge in [0, 0.05) is 41.4 Å². The molecular formula is C39H45N3O5. The van der Waals surface area contributed by atoms with Crippen molar-refractivity contribution in [3.05, 3.63) is 102 Å². The van der Waals surface area contributed by atoms with Crippen LogP contribution in [0.4, 0.5) is 0 Å². The van der Waals surface area contributed by atoms with Gasteiger partial charge in [0.2, 0.25) is 5.91 Å². The number of Topliss-reactive ketones (excluding diaryl/α,β-unsaturated/α-hetero) is 1. The predicted octanol–water partition coefficient (Wildman–Crippen LogP) is 7.74. The molecule has 0 aliphatic heterocycles. The molecule has 0 spiro atoms. The molecule has 0 aliphatic rings. The molecule has 1 aromatic heterocycles. The maximum Gasteiger partial charge on any atom is 0.325 e. The topological polar surface area (TPSA) is 118 Å². The van der Waals surface area contributed by atoms with Gasteiger partial charge in [-0.25, -0.2) is 9.97 Å². The molecule has 47 heavy (non-hydrogen) atoms. The number of aryl methyl sites for hydroxylation is 1. The van der Waals surface area contributed by atoms with E-state index in [1.165, 1.54) is 32.6 Å². The minimum absolute atomic E-state index is 0.0396. The molecule has 0 saturated heterocycles. The highest BCUT2D eigenvalue weighted by atomic mass is 16.5. The molecule has 0 unspecified atom stereocenters. The van der Waals surface area contributed by atoms with E-state index in [9.17, 15) is 19.5 Å². The molecule has 0 aliphatic carbocycles. The summed E-state index contributed by atoms with van der Waals surface area (Å²) in [6, 6.07) is 21.8. The predicted molar refractivity (Wildman–Crippen MR) is 184 cm³/mol. The summed E-state index contributed by atoms with van der Waals surface area (Å²) in [7, 11) is 0. The SMILES string of the molecule is CCCCCCCOc1ccc(-c2cnc(-c3ccc(C[C@H](CC(=O)c4ccc(CC)cc4)C(=O)N[C@H](C)C(=O)O)cc3)nc2)cc1. The number of ether oxygens (including phenoxy) is 1. The van der Waals surface area contributed by atoms with Crippen LogP contribution in [0, 0.1) is 5.92 Å². The van der Waals surface area contributed by atoms with E-state index in [4.69, 9.17) is 4.74 Å². The Morgan fingerprint density at radius 3 is 2.00 bits per heavy atom. The number of aliphatic carboxylic acids is 1. The Morgan fingerprint density at radius 2 is 1.38 bits per heavy atom. The molecule has 0 fully saturated rings. The van der Waals surface area contributed by atoms with E-state index >= 15 is 0 Å². The monoisotopic (exact) mass is 635 g/mol. The minimum atomic E-state index is -1.14. The van der Waals surface area contributed by atoms with Crippen LogP contribution in [-0.2, 0) is 22.4 Å². The lowest BCUT2D eigenvalue weighted by Gasteiger charge is -2.18. The lowest BCUT2D eigenvalue weighted by molar-refractivity contribution is -0.141. The fraction of sp³-hybridized carbons (Fsp3) is 0.359. The van der Waals surface area contributed by atoms with E-state index in [2.05, 4.69) is 22.2 Å². The number of carboxylic acid groups (broad SMARTS) is 1. The zero-order valence-electron chi connectivity index (χ0n) is 27.6. The third-order valence-electron chi connectivity index (χ3n) is 8.27. The molecule has 4 rings (SSSR count). The van der Waals surface area contributed by atoms with Gasteiger partial charge in [0.05, 0.1) is 6.61 Å². The van der Waals surface area contributed by atoms with Crippen LogP contribution >= 0.6 is 0 Å². The van der Waals surface area contributed by atoms with Gasteiger partial charge in [-0.1, -0.05) is 100 Å². The first kappa shape index (κ1) is 35.0. The fourth-order valence-corrected chi connectivity index (χ4v) is 5.26. The van der Waals surface area contributed by atoms with Crippen molar-refractivity contribution in [1.29, 1.82) is 0 Å². The van der Waals surface area contributed by atoms with Crippen molar-refractivity contribution in [3.8, 4) is 28.3 Å². The van der Waals surface area contributed by atoms with E-state index in [1.807, 2.05) is 67.6 Å². The highest BCUT2D eigenvalue weighted by Gasteiger charge is 2.26. The Kier molecular flexibility index (Phi) is 13.2. The van der Waals surface area contributed by atoms with Crippen molar-refractivity contribution in [3.63, 3.8) is 0 Å². The third-order valence-corrected chi connectivity index (χ3v) is 8.27. The highest BCUT2D eigenvalue weighted by molar-refractivity contribution is 5.99. The van der Waals surface area contributed by atoms with E-state index < -0.39 is 23.8 Å². The Bertz CT molecular complexity index is 1580. The molecule has 8 nitrogen and oxygen atoms in total. The number of benzene rings is 3. The number of nitrogens with one attached hydrogen (secondary N) is 1. The summed E-state index contributed by atoms with van der Waals surface area (Å²) in [4.78, 5) is 46.8. The molecule has 0 bridgehead atoms. The average molecular weight is 636 g/mol. The number of unbranched alkanes of at least 4 members (excludes halogenated alkanes) is 4. The standard InChI is InChI=1S/C39H45N3O5/c1-4-6-7-8-9-22-47-35-20-18-30(19-21-35)34-25-40-37(41-26-34)32-16-12-29(13-17-32)23-33(38(44)42-27(3)39(45)46)24-36(43)31-14-10-28(5-2)11-15-31/h10-21,25-27,33H,4-9,22-24H2,1-3H3,(H,42,44)(H,45,46)/t27-,33-/m1/s1. The van der Waals surface area contributed by atoms with Crippen molar-refractivity contribution >= 4 is 17.7 Å². The minimum Gasteiger partial charge on any atom is -0.494 e. The van der Waals surface area contributed by atoms with E-state index in [-0.39, 0.29) is 18.6 Å². The second-order valence-corrected chi connectivity index (χ2v) is 11.9. The van der Waals surface area contributed by atoms with Crippen LogP contribution < -0.4 is 10.1 Å². The zero-order valence-corrected chi connectivity index (χ0v) is 27.6. The van der Waals surface area contributed by atoms with Crippen LogP contribution in [0.25, 0.3) is 22.5 Å². The van der Waals surface area contributed by atoms with Gasteiger partial charge in [0.15, 0.2) is 11.6 Å². The summed E-state index contributed by atoms with van der Waals surface area (Å²) in [5.74, 6) is -1.08. The Hall–Kier alpha value is -4.85. The van der Waals surface area contributed by atoms with Crippen LogP contribution in [0.5, 0.6) is 5.75 Å². The normalized spacial score (nSPS) is 12.2. The number of carbonyl (C=O) groups is 3. The van der Waals surface area contributed by atoms with Crippen LogP contribution in [0.15, 0.2) is 85.2 Å². The first-order valence-electron chi connectivity index (χ1n) is 16.6. The highest BCUT2D eigenvalue weighted by Crippen LogP contribution is 2.24. The van der Waals surface area contributed by atoms with Crippen molar-refractivity contribution in [1.82, 2.24) is 15.3 Å². The first-order valence-corrected chi connectivity index (χ1v) is 16.6. The van der Waals surface area contributed by atoms with Crippen LogP contribution in [0.2, 0.25) is 0 Å². The number of carbonyl (C=O) groups excluding carboxylic acids is 2. The Labute approximate surface area is 277 Å². The second kappa shape index (κ2) is 17.7. The number of rotatable bonds is 18. The maximum absolute atomic E-state index is 13.1. The molecular weight excluding hydrogens is 590 g/mol. The van der Waals surface area contributed by atoms with Gasteiger partial charge in [-0.2, -0.15) is 0 Å². The van der Waals surface area contributed by atoms with Gasteiger partial charge in [-0.3, -0.25) is 14.4 Å². The molecule has 2 atom stereocenters. The Morgan fingerprint density at radius 1 is 0.766 bits per heavy atom. The summed E-state index contributed by atoms with van der Waals surface area (Å²) >= 11 is 0. The molecule has 246 valence electrons. The summed E-state index contributed by atoms with van der Waals surface area (Å²) in [5.41, 5.74) is 5.20. The summed E-state index contributed by atoms with van der Waals surface area (Å²) in [5, 5.41) is 11.8. The molecule has 3 aromatic carbocycles. The average Bonchev–Trinajstić information content (AvgIpc) is 3.10. The molecule has 0 saturated carbocycles. The number of amides is 1. The van der Waals surface area contributed by atoms with Crippen LogP contribution in [0.3, 0.4) is 0 Å². The van der Waals surface area contributed by atoms with Gasteiger partial charge in [0.25, 0.3) is 0 Å². The van der Waals surface area contributed by atoms with Gasteiger partial charge in [-0.05, 0) is 55.0 Å². The molecule has 0 radical (unpaired) electrons. The lowest BCUT2D eigenvalue weighted by atomic mass is 9.90. The van der Waals surface area contributed by atoms with Gasteiger partial charge in [-0.15, -0.1) is 0 Å². The number of ketones is 1. The van der Waals surface area contributed by atoms with Gasteiger partial charge >= 0.3 is 5.97 Å². The van der Waals surface area contributed by atoms with Crippen LogP contribution in [-0.4, -0.2) is 45.4 Å². The lowest BCUT2D eigenvalue weighted by Crippen LogP contribution is -2.42. The smallest absolute Gasteiger partial charge is 0.325 e. The molecule has 1 amide bonds. The van der Waals surface area contributed by atoms with Crippen molar-refractivity contribution in [2.24, 2.45) is 5.92 Å². The second-order valence-electron chi connectivity index (χ2n) is 11.9. The maximum atomic E-state index is 13.1. The van der Waals surface area contributed by atoms with E-state index in [0.29, 0.717) is 11.4 Å². The fourth-order valence-electron chi connectivity index (χ4n) is 5.26. The zero-order chi connectivity index (χ0) is 33.6. The quantitative estimate of drug-likeness (QED) is 0.0848. The van der Waals surface area contributed by atoms with Crippen molar-refractivity contribution in [2.75, 3.05) is 6.61 Å². The summed E-state index contributed by atoms with van der Waals surface area (Å²) < 4.78 is 5.88. The van der Waals surface area contributed by atoms with Crippen molar-refractivity contribution < 1.29 is 24.2 Å². The molecule has 4 aromatic rings. The summed E-state index contributed by atoms with van der Waals surface area (Å²) in [6.45, 7) is 6.39. The number of hydrogen-bond acceptors (Lipinski definition) is 6. The number of hydrogen-bond donors (Lipinski definition) is 2. The first-order chi connectivity index (χ1) is 22.8. The van der Waals surface area contributed by atoms with E-state index in [0.717, 1.165) is 53.0 Å². The van der Waals surface area contributed by atoms with Crippen molar-refractivity contribution in [2.45, 2.75) is 78.2 Å². The van der Waals surface area contributed by atoms with E-state index in [1.54, 1.807) is 24.5 Å². The van der Waals surface area contributed by atoms with Gasteiger partial charge < -0.3 is 15.2 Å². The third kappa shape index (κ3) is 10.6. The molecule has 1 heterocycles. The largest absolute Gasteiger partial charge is 0.494 e. The number of aromatic nitrogens is 2. The Balaban J connectivity index is 1.39. The number of carboxylic acids is 1. The molecule has 2 N–H and O–H groups in total. The van der Waals surface area contributed by atoms with Crippen LogP contribution in [0.1, 0.15) is 80.8 Å². The van der Waals surface area contributed by atoms with Gasteiger partial charge in [0.1, 0.15) is 11.8 Å².